The van der Waals surface area contributed by atoms with Crippen LogP contribution in [0.5, 0.6) is 5.75 Å². The predicted octanol–water partition coefficient (Wildman–Crippen LogP) is 4.83. The molecule has 0 aromatic heterocycles. The molecular weight excluding hydrogens is 356 g/mol. The van der Waals surface area contributed by atoms with Crippen LogP contribution in [0.2, 0.25) is 0 Å². The average Bonchev–Trinajstić information content (AvgIpc) is 2.53. The van der Waals surface area contributed by atoms with Crippen molar-refractivity contribution in [1.29, 1.82) is 0 Å². The largest absolute Gasteiger partial charge is 0.485 e. The van der Waals surface area contributed by atoms with Crippen molar-refractivity contribution < 1.29 is 17.7 Å². The number of ether oxygens (including phenoxy) is 1. The number of nitrogens with one attached hydrogen (secondary N) is 1. The second kappa shape index (κ2) is 7.84. The van der Waals surface area contributed by atoms with E-state index in [1.165, 1.54) is 6.07 Å². The van der Waals surface area contributed by atoms with Crippen LogP contribution in [0, 0.1) is 11.6 Å². The fraction of sp³-hybridized carbons (Fsp3) is 0.400. The summed E-state index contributed by atoms with van der Waals surface area (Å²) in [4.78, 5) is 0. The summed E-state index contributed by atoms with van der Waals surface area (Å²) in [7, 11) is -1.42. The molecule has 1 atom stereocenters. The van der Waals surface area contributed by atoms with Gasteiger partial charge in [-0.1, -0.05) is 30.3 Å². The summed E-state index contributed by atoms with van der Waals surface area (Å²) in [6.07, 6.45) is 0. The van der Waals surface area contributed by atoms with Crippen LogP contribution in [0.3, 0.4) is 0 Å². The summed E-state index contributed by atoms with van der Waals surface area (Å²) in [5.41, 5.74) is 0.183. The van der Waals surface area contributed by atoms with Gasteiger partial charge in [0.1, 0.15) is 12.4 Å². The van der Waals surface area contributed by atoms with Gasteiger partial charge in [0.2, 0.25) is 0 Å². The third-order valence-electron chi connectivity index (χ3n) is 3.81. The smallest absolute Gasteiger partial charge is 0.168 e. The molecule has 3 nitrogen and oxygen atoms in total. The lowest BCUT2D eigenvalue weighted by atomic mass is 9.94. The molecule has 0 saturated carbocycles. The van der Waals surface area contributed by atoms with E-state index in [4.69, 9.17) is 4.74 Å². The molecule has 0 fully saturated rings. The Kier molecular flexibility index (Phi) is 6.19. The maximum Gasteiger partial charge on any atom is 0.168 e. The normalized spacial score (nSPS) is 13.5. The van der Waals surface area contributed by atoms with Crippen LogP contribution in [-0.2, 0) is 23.1 Å². The minimum atomic E-state index is -1.42. The lowest BCUT2D eigenvalue weighted by molar-refractivity contribution is 0.277. The highest BCUT2D eigenvalue weighted by Crippen LogP contribution is 2.34. The SMILES string of the molecule is CC(C)(NS(=O)C(C)(C)C)c1cc(F)cc(F)c1OCc1ccccc1. The van der Waals surface area contributed by atoms with E-state index in [9.17, 15) is 13.0 Å². The molecule has 26 heavy (non-hydrogen) atoms. The first-order chi connectivity index (χ1) is 12.0. The quantitative estimate of drug-likeness (QED) is 0.778. The Bertz CT molecular complexity index is 786. The van der Waals surface area contributed by atoms with Gasteiger partial charge >= 0.3 is 0 Å². The third-order valence-corrected chi connectivity index (χ3v) is 5.62. The summed E-state index contributed by atoms with van der Waals surface area (Å²) in [5, 5.41) is 0. The monoisotopic (exact) mass is 381 g/mol. The molecule has 0 aliphatic heterocycles. The van der Waals surface area contributed by atoms with Crippen LogP contribution < -0.4 is 9.46 Å². The molecular formula is C20H25F2NO2S. The van der Waals surface area contributed by atoms with E-state index in [-0.39, 0.29) is 17.9 Å². The molecule has 0 amide bonds. The second-order valence-electron chi connectivity index (χ2n) is 7.65. The average molecular weight is 381 g/mol. The van der Waals surface area contributed by atoms with Gasteiger partial charge in [-0.15, -0.1) is 0 Å². The van der Waals surface area contributed by atoms with E-state index in [0.29, 0.717) is 0 Å². The Morgan fingerprint density at radius 1 is 1.04 bits per heavy atom. The fourth-order valence-corrected chi connectivity index (χ4v) is 3.22. The van der Waals surface area contributed by atoms with Crippen LogP contribution in [0.15, 0.2) is 42.5 Å². The number of hydrogen-bond acceptors (Lipinski definition) is 2. The van der Waals surface area contributed by atoms with Crippen molar-refractivity contribution in [3.8, 4) is 5.75 Å². The molecule has 1 N–H and O–H groups in total. The molecule has 0 bridgehead atoms. The molecule has 2 aromatic rings. The highest BCUT2D eigenvalue weighted by atomic mass is 32.2. The molecule has 2 aromatic carbocycles. The predicted molar refractivity (Wildman–Crippen MR) is 101 cm³/mol. The molecule has 0 heterocycles. The molecule has 142 valence electrons. The number of hydrogen-bond donors (Lipinski definition) is 1. The zero-order chi connectivity index (χ0) is 19.5. The van der Waals surface area contributed by atoms with E-state index in [0.717, 1.165) is 11.6 Å². The Morgan fingerprint density at radius 2 is 1.65 bits per heavy atom. The lowest BCUT2D eigenvalue weighted by Crippen LogP contribution is -2.44. The maximum absolute atomic E-state index is 14.4. The lowest BCUT2D eigenvalue weighted by Gasteiger charge is -2.31. The zero-order valence-electron chi connectivity index (χ0n) is 15.7. The summed E-state index contributed by atoms with van der Waals surface area (Å²) >= 11 is 0. The van der Waals surface area contributed by atoms with E-state index >= 15 is 0 Å². The van der Waals surface area contributed by atoms with Crippen molar-refractivity contribution in [2.75, 3.05) is 0 Å². The number of rotatable bonds is 6. The third kappa shape index (κ3) is 5.11. The summed E-state index contributed by atoms with van der Waals surface area (Å²) < 4.78 is 48.9. The standard InChI is InChI=1S/C20H25F2NO2S/c1-19(2,3)26(24)23-20(4,5)16-11-15(21)12-17(22)18(16)25-13-14-9-7-6-8-10-14/h6-12,23H,13H2,1-5H3. The van der Waals surface area contributed by atoms with Crippen LogP contribution in [0.1, 0.15) is 45.7 Å². The minimum absolute atomic E-state index is 0.0429. The molecule has 1 unspecified atom stereocenters. The van der Waals surface area contributed by atoms with Gasteiger partial charge in [0.25, 0.3) is 0 Å². The van der Waals surface area contributed by atoms with E-state index < -0.39 is 32.9 Å². The topological polar surface area (TPSA) is 38.3 Å². The van der Waals surface area contributed by atoms with Gasteiger partial charge in [-0.05, 0) is 46.2 Å². The van der Waals surface area contributed by atoms with Crippen LogP contribution in [0.4, 0.5) is 8.78 Å². The highest BCUT2D eigenvalue weighted by molar-refractivity contribution is 7.84. The van der Waals surface area contributed by atoms with Gasteiger partial charge in [-0.25, -0.2) is 17.7 Å². The van der Waals surface area contributed by atoms with Crippen molar-refractivity contribution >= 4 is 11.0 Å². The van der Waals surface area contributed by atoms with Gasteiger partial charge in [0.05, 0.1) is 21.3 Å². The second-order valence-corrected chi connectivity index (χ2v) is 9.61. The van der Waals surface area contributed by atoms with Gasteiger partial charge in [-0.3, -0.25) is 0 Å². The Hall–Kier alpha value is -1.79. The van der Waals surface area contributed by atoms with E-state index in [2.05, 4.69) is 4.72 Å². The van der Waals surface area contributed by atoms with Crippen LogP contribution in [-0.4, -0.2) is 8.96 Å². The molecule has 0 radical (unpaired) electrons. The van der Waals surface area contributed by atoms with Gasteiger partial charge in [0, 0.05) is 11.6 Å². The molecule has 0 aliphatic carbocycles. The summed E-state index contributed by atoms with van der Waals surface area (Å²) in [6, 6.07) is 11.3. The zero-order valence-corrected chi connectivity index (χ0v) is 16.5. The van der Waals surface area contributed by atoms with Crippen molar-refractivity contribution in [3.63, 3.8) is 0 Å². The van der Waals surface area contributed by atoms with Crippen molar-refractivity contribution in [2.24, 2.45) is 0 Å². The molecule has 0 saturated heterocycles. The molecule has 2 rings (SSSR count). The van der Waals surface area contributed by atoms with Crippen molar-refractivity contribution in [3.05, 3.63) is 65.2 Å². The molecule has 6 heteroatoms. The first-order valence-electron chi connectivity index (χ1n) is 8.36. The summed E-state index contributed by atoms with van der Waals surface area (Å²) in [6.45, 7) is 9.07. The first-order valence-corrected chi connectivity index (χ1v) is 9.51. The number of benzene rings is 2. The van der Waals surface area contributed by atoms with Gasteiger partial charge in [-0.2, -0.15) is 0 Å². The highest BCUT2D eigenvalue weighted by Gasteiger charge is 2.32. The van der Waals surface area contributed by atoms with Crippen LogP contribution >= 0.6 is 0 Å². The van der Waals surface area contributed by atoms with Crippen molar-refractivity contribution in [1.82, 2.24) is 4.72 Å². The minimum Gasteiger partial charge on any atom is -0.485 e. The Labute approximate surface area is 156 Å². The fourth-order valence-electron chi connectivity index (χ4n) is 2.34. The summed E-state index contributed by atoms with van der Waals surface area (Å²) in [5.74, 6) is -1.54. The molecule has 0 spiro atoms. The van der Waals surface area contributed by atoms with Crippen LogP contribution in [0.25, 0.3) is 0 Å². The van der Waals surface area contributed by atoms with E-state index in [1.807, 2.05) is 51.1 Å². The number of halogens is 2. The Balaban J connectivity index is 2.35. The van der Waals surface area contributed by atoms with E-state index in [1.54, 1.807) is 13.8 Å². The van der Waals surface area contributed by atoms with Gasteiger partial charge in [0.15, 0.2) is 11.6 Å². The Morgan fingerprint density at radius 3 is 2.23 bits per heavy atom. The van der Waals surface area contributed by atoms with Crippen molar-refractivity contribution in [2.45, 2.75) is 51.5 Å². The first kappa shape index (κ1) is 20.5. The van der Waals surface area contributed by atoms with Gasteiger partial charge < -0.3 is 4.74 Å². The maximum atomic E-state index is 14.4. The molecule has 0 aliphatic rings.